The van der Waals surface area contributed by atoms with Gasteiger partial charge in [0.15, 0.2) is 5.96 Å². The highest BCUT2D eigenvalue weighted by atomic mass is 16.6. The third-order valence-corrected chi connectivity index (χ3v) is 4.03. The smallest absolute Gasteiger partial charge is 0.333 e. The zero-order chi connectivity index (χ0) is 21.0. The zero-order valence-corrected chi connectivity index (χ0v) is 17.5. The number of guanidine groups is 1. The molecular weight excluding hydrogens is 354 g/mol. The van der Waals surface area contributed by atoms with Crippen molar-refractivity contribution in [1.82, 2.24) is 4.90 Å². The topological polar surface area (TPSA) is 96.5 Å². The summed E-state index contributed by atoms with van der Waals surface area (Å²) in [7, 11) is 1.49. The lowest BCUT2D eigenvalue weighted by Gasteiger charge is -2.14. The normalized spacial score (nSPS) is 11.5. The fourth-order valence-corrected chi connectivity index (χ4v) is 2.31. The number of carbonyl (C=O) groups is 2. The van der Waals surface area contributed by atoms with E-state index in [9.17, 15) is 9.59 Å². The van der Waals surface area contributed by atoms with Crippen molar-refractivity contribution in [2.45, 2.75) is 71.1 Å². The number of rotatable bonds is 15. The van der Waals surface area contributed by atoms with Gasteiger partial charge >= 0.3 is 11.9 Å². The molecule has 6 nitrogen and oxygen atoms in total. The van der Waals surface area contributed by atoms with E-state index in [-0.39, 0.29) is 18.9 Å². The molecule has 0 aliphatic heterocycles. The number of unbranched alkanes of at least 4 members (excludes halogenated alkanes) is 5. The molecule has 0 aromatic rings. The summed E-state index contributed by atoms with van der Waals surface area (Å²) < 4.78 is 4.69. The van der Waals surface area contributed by atoms with E-state index >= 15 is 0 Å². The SMILES string of the molecule is CCCCC/C=C/C/C=C/C/C=C/CCCCC(=O)OC(=O)CN(C)C(=N)N. The van der Waals surface area contributed by atoms with Crippen LogP contribution in [0.15, 0.2) is 36.5 Å². The van der Waals surface area contributed by atoms with E-state index in [1.54, 1.807) is 0 Å². The van der Waals surface area contributed by atoms with Gasteiger partial charge in [-0.25, -0.2) is 4.79 Å². The lowest BCUT2D eigenvalue weighted by atomic mass is 10.1. The van der Waals surface area contributed by atoms with Crippen LogP contribution in [-0.4, -0.2) is 36.4 Å². The first-order valence-electron chi connectivity index (χ1n) is 10.2. The lowest BCUT2D eigenvalue weighted by Crippen LogP contribution is -2.37. The summed E-state index contributed by atoms with van der Waals surface area (Å²) in [6.07, 6.45) is 22.7. The maximum absolute atomic E-state index is 11.6. The van der Waals surface area contributed by atoms with Crippen molar-refractivity contribution < 1.29 is 14.3 Å². The van der Waals surface area contributed by atoms with Crippen LogP contribution < -0.4 is 5.73 Å². The molecule has 158 valence electrons. The summed E-state index contributed by atoms with van der Waals surface area (Å²) in [5.74, 6) is -1.47. The summed E-state index contributed by atoms with van der Waals surface area (Å²) in [5.41, 5.74) is 5.22. The van der Waals surface area contributed by atoms with Gasteiger partial charge in [0.1, 0.15) is 6.54 Å². The first-order chi connectivity index (χ1) is 13.5. The van der Waals surface area contributed by atoms with Crippen LogP contribution in [0.3, 0.4) is 0 Å². The van der Waals surface area contributed by atoms with Crippen molar-refractivity contribution >= 4 is 17.9 Å². The largest absolute Gasteiger partial charge is 0.392 e. The van der Waals surface area contributed by atoms with Gasteiger partial charge < -0.3 is 15.4 Å². The van der Waals surface area contributed by atoms with Gasteiger partial charge in [-0.15, -0.1) is 0 Å². The molecule has 6 heteroatoms. The molecule has 0 atom stereocenters. The first-order valence-corrected chi connectivity index (χ1v) is 10.2. The van der Waals surface area contributed by atoms with Gasteiger partial charge in [0.25, 0.3) is 0 Å². The van der Waals surface area contributed by atoms with Crippen molar-refractivity contribution in [2.75, 3.05) is 13.6 Å². The summed E-state index contributed by atoms with van der Waals surface area (Å²) in [5, 5.41) is 7.15. The Hall–Kier alpha value is -2.37. The predicted molar refractivity (Wildman–Crippen MR) is 115 cm³/mol. The second-order valence-electron chi connectivity index (χ2n) is 6.71. The molecule has 0 heterocycles. The number of nitrogens with two attached hydrogens (primary N) is 1. The number of hydrogen-bond acceptors (Lipinski definition) is 4. The molecule has 0 aromatic heterocycles. The monoisotopic (exact) mass is 391 g/mol. The Morgan fingerprint density at radius 1 is 0.893 bits per heavy atom. The van der Waals surface area contributed by atoms with Crippen LogP contribution in [0, 0.1) is 5.41 Å². The molecule has 0 aliphatic rings. The van der Waals surface area contributed by atoms with Crippen LogP contribution in [-0.2, 0) is 14.3 Å². The second kappa shape index (κ2) is 18.0. The fraction of sp³-hybridized carbons (Fsp3) is 0.591. The van der Waals surface area contributed by atoms with Crippen molar-refractivity contribution in [2.24, 2.45) is 5.73 Å². The molecule has 0 amide bonds. The minimum atomic E-state index is -0.690. The molecule has 0 bridgehead atoms. The van der Waals surface area contributed by atoms with E-state index in [0.29, 0.717) is 6.42 Å². The van der Waals surface area contributed by atoms with E-state index in [1.807, 2.05) is 0 Å². The number of likely N-dealkylation sites (N-methyl/N-ethyl adjacent to an activating group) is 1. The Bertz CT molecular complexity index is 539. The molecule has 0 spiro atoms. The van der Waals surface area contributed by atoms with Gasteiger partial charge in [-0.05, 0) is 44.9 Å². The van der Waals surface area contributed by atoms with Crippen molar-refractivity contribution in [1.29, 1.82) is 5.41 Å². The number of allylic oxidation sites excluding steroid dienone is 6. The van der Waals surface area contributed by atoms with E-state index in [1.165, 1.54) is 37.6 Å². The summed E-state index contributed by atoms with van der Waals surface area (Å²) in [6, 6.07) is 0. The Morgan fingerprint density at radius 3 is 1.96 bits per heavy atom. The van der Waals surface area contributed by atoms with Gasteiger partial charge in [0.05, 0.1) is 0 Å². The minimum absolute atomic E-state index is 0.202. The Balaban J connectivity index is 3.61. The second-order valence-corrected chi connectivity index (χ2v) is 6.71. The molecule has 0 aliphatic carbocycles. The van der Waals surface area contributed by atoms with Gasteiger partial charge in [-0.3, -0.25) is 10.2 Å². The number of esters is 2. The van der Waals surface area contributed by atoms with E-state index in [0.717, 1.165) is 25.7 Å². The van der Waals surface area contributed by atoms with Crippen molar-refractivity contribution in [3.63, 3.8) is 0 Å². The Kier molecular flexibility index (Phi) is 16.5. The zero-order valence-electron chi connectivity index (χ0n) is 17.5. The highest BCUT2D eigenvalue weighted by molar-refractivity contribution is 5.88. The maximum Gasteiger partial charge on any atom is 0.333 e. The number of hydrogen-bond donors (Lipinski definition) is 2. The minimum Gasteiger partial charge on any atom is -0.392 e. The van der Waals surface area contributed by atoms with Gasteiger partial charge in [-0.1, -0.05) is 56.2 Å². The highest BCUT2D eigenvalue weighted by Gasteiger charge is 2.13. The van der Waals surface area contributed by atoms with Crippen molar-refractivity contribution in [3.05, 3.63) is 36.5 Å². The van der Waals surface area contributed by atoms with Gasteiger partial charge in [0.2, 0.25) is 0 Å². The average molecular weight is 392 g/mol. The fourth-order valence-electron chi connectivity index (χ4n) is 2.31. The highest BCUT2D eigenvalue weighted by Crippen LogP contribution is 2.04. The van der Waals surface area contributed by atoms with E-state index < -0.39 is 11.9 Å². The van der Waals surface area contributed by atoms with Crippen LogP contribution in [0.1, 0.15) is 71.1 Å². The molecule has 28 heavy (non-hydrogen) atoms. The molecule has 0 fully saturated rings. The van der Waals surface area contributed by atoms with Gasteiger partial charge in [0, 0.05) is 13.5 Å². The van der Waals surface area contributed by atoms with Gasteiger partial charge in [-0.2, -0.15) is 0 Å². The van der Waals surface area contributed by atoms with Crippen LogP contribution >= 0.6 is 0 Å². The van der Waals surface area contributed by atoms with E-state index in [2.05, 4.69) is 48.1 Å². The number of carbonyl (C=O) groups excluding carboxylic acids is 2. The molecular formula is C22H37N3O3. The Labute approximate surface area is 170 Å². The summed E-state index contributed by atoms with van der Waals surface area (Å²) >= 11 is 0. The standard InChI is InChI=1S/C22H37N3O3/c1-3-4-5-6-7-8-9-10-11-12-13-14-15-16-17-18-20(26)28-21(27)19-25(2)22(23)24/h7-8,10-11,13-14H,3-6,9,12,15-19H2,1-2H3,(H3,23,24)/b8-7+,11-10+,14-13+. The van der Waals surface area contributed by atoms with Crippen LogP contribution in [0.4, 0.5) is 0 Å². The average Bonchev–Trinajstić information content (AvgIpc) is 2.64. The lowest BCUT2D eigenvalue weighted by molar-refractivity contribution is -0.159. The third kappa shape index (κ3) is 17.1. The molecule has 0 aromatic carbocycles. The molecule has 0 saturated heterocycles. The number of nitrogens with zero attached hydrogens (tertiary/aromatic N) is 1. The first kappa shape index (κ1) is 25.6. The molecule has 0 saturated carbocycles. The maximum atomic E-state index is 11.6. The van der Waals surface area contributed by atoms with Crippen LogP contribution in [0.25, 0.3) is 0 Å². The number of nitrogens with one attached hydrogen (secondary N) is 1. The van der Waals surface area contributed by atoms with Crippen molar-refractivity contribution in [3.8, 4) is 0 Å². The summed E-state index contributed by atoms with van der Waals surface area (Å²) in [6.45, 7) is 2.02. The molecule has 0 rings (SSSR count). The summed E-state index contributed by atoms with van der Waals surface area (Å²) in [4.78, 5) is 24.2. The third-order valence-electron chi connectivity index (χ3n) is 4.03. The quantitative estimate of drug-likeness (QED) is 0.107. The van der Waals surface area contributed by atoms with Crippen LogP contribution in [0.5, 0.6) is 0 Å². The Morgan fingerprint density at radius 2 is 1.43 bits per heavy atom. The van der Waals surface area contributed by atoms with E-state index in [4.69, 9.17) is 11.1 Å². The predicted octanol–water partition coefficient (Wildman–Crippen LogP) is 4.47. The molecule has 3 N–H and O–H groups in total. The molecule has 0 unspecified atom stereocenters. The van der Waals surface area contributed by atoms with Crippen LogP contribution in [0.2, 0.25) is 0 Å². The molecule has 0 radical (unpaired) electrons. The number of ether oxygens (including phenoxy) is 1.